The highest BCUT2D eigenvalue weighted by atomic mass is 79.9. The van der Waals surface area contributed by atoms with Crippen molar-refractivity contribution >= 4 is 27.3 Å². The Kier molecular flexibility index (Phi) is 4.27. The molecule has 1 aromatic carbocycles. The Labute approximate surface area is 133 Å². The van der Waals surface area contributed by atoms with E-state index in [0.29, 0.717) is 5.92 Å². The number of hydrogen-bond donors (Lipinski definition) is 0. The average Bonchev–Trinajstić information content (AvgIpc) is 2.81. The summed E-state index contributed by atoms with van der Waals surface area (Å²) in [6.07, 6.45) is 5.36. The highest BCUT2D eigenvalue weighted by molar-refractivity contribution is 9.10. The van der Waals surface area contributed by atoms with Crippen LogP contribution in [0.15, 0.2) is 28.7 Å². The Balaban J connectivity index is 1.93. The van der Waals surface area contributed by atoms with Crippen LogP contribution in [0.25, 0.3) is 11.3 Å². The molecule has 2 unspecified atom stereocenters. The number of benzene rings is 1. The first-order chi connectivity index (χ1) is 9.65. The lowest BCUT2D eigenvalue weighted by Crippen LogP contribution is -2.11. The molecular weight excluding hydrogens is 330 g/mol. The van der Waals surface area contributed by atoms with E-state index in [9.17, 15) is 0 Å². The molecule has 3 rings (SSSR count). The summed E-state index contributed by atoms with van der Waals surface area (Å²) < 4.78 is 1.14. The van der Waals surface area contributed by atoms with Gasteiger partial charge < -0.3 is 0 Å². The third-order valence-electron chi connectivity index (χ3n) is 4.23. The van der Waals surface area contributed by atoms with E-state index in [4.69, 9.17) is 4.98 Å². The van der Waals surface area contributed by atoms with Crippen LogP contribution in [0.5, 0.6) is 0 Å². The molecule has 1 fully saturated rings. The normalized spacial score (nSPS) is 22.9. The van der Waals surface area contributed by atoms with E-state index >= 15 is 0 Å². The quantitative estimate of drug-likeness (QED) is 0.631. The van der Waals surface area contributed by atoms with Crippen LogP contribution in [0.4, 0.5) is 0 Å². The SMILES string of the molecule is Cc1sc(C2CCCC(C)C2)nc1-c1ccccc1Br. The first-order valence-corrected chi connectivity index (χ1v) is 8.98. The molecule has 0 amide bonds. The van der Waals surface area contributed by atoms with Gasteiger partial charge in [0.1, 0.15) is 0 Å². The third kappa shape index (κ3) is 2.84. The van der Waals surface area contributed by atoms with Crippen molar-refractivity contribution in [1.82, 2.24) is 4.98 Å². The van der Waals surface area contributed by atoms with Crippen molar-refractivity contribution in [2.45, 2.75) is 45.4 Å². The maximum atomic E-state index is 4.99. The molecule has 1 aliphatic rings. The van der Waals surface area contributed by atoms with Gasteiger partial charge in [-0.1, -0.05) is 53.9 Å². The van der Waals surface area contributed by atoms with E-state index in [1.807, 2.05) is 11.3 Å². The molecule has 1 aliphatic carbocycles. The van der Waals surface area contributed by atoms with Crippen molar-refractivity contribution < 1.29 is 0 Å². The van der Waals surface area contributed by atoms with Gasteiger partial charge in [-0.25, -0.2) is 4.98 Å². The maximum absolute atomic E-state index is 4.99. The highest BCUT2D eigenvalue weighted by Crippen LogP contribution is 2.41. The van der Waals surface area contributed by atoms with Gasteiger partial charge in [-0.3, -0.25) is 0 Å². The van der Waals surface area contributed by atoms with Crippen molar-refractivity contribution in [2.24, 2.45) is 5.92 Å². The lowest BCUT2D eigenvalue weighted by atomic mass is 9.83. The Morgan fingerprint density at radius 3 is 2.80 bits per heavy atom. The van der Waals surface area contributed by atoms with Crippen LogP contribution < -0.4 is 0 Å². The zero-order valence-corrected chi connectivity index (χ0v) is 14.4. The summed E-state index contributed by atoms with van der Waals surface area (Å²) in [6, 6.07) is 8.39. The monoisotopic (exact) mass is 349 g/mol. The zero-order valence-electron chi connectivity index (χ0n) is 12.0. The third-order valence-corrected chi connectivity index (χ3v) is 6.05. The van der Waals surface area contributed by atoms with E-state index in [1.54, 1.807) is 0 Å². The summed E-state index contributed by atoms with van der Waals surface area (Å²) in [5.74, 6) is 1.53. The lowest BCUT2D eigenvalue weighted by molar-refractivity contribution is 0.343. The van der Waals surface area contributed by atoms with Crippen LogP contribution in [0, 0.1) is 12.8 Å². The van der Waals surface area contributed by atoms with E-state index in [1.165, 1.54) is 41.1 Å². The molecule has 1 saturated carbocycles. The Hall–Kier alpha value is -0.670. The molecule has 0 spiro atoms. The number of rotatable bonds is 2. The second kappa shape index (κ2) is 5.98. The number of thiazole rings is 1. The molecule has 1 nitrogen and oxygen atoms in total. The van der Waals surface area contributed by atoms with Crippen molar-refractivity contribution in [1.29, 1.82) is 0 Å². The van der Waals surface area contributed by atoms with Gasteiger partial charge in [0.2, 0.25) is 0 Å². The molecule has 106 valence electrons. The Bertz CT molecular complexity index is 605. The minimum Gasteiger partial charge on any atom is -0.241 e. The van der Waals surface area contributed by atoms with E-state index in [2.05, 4.69) is 54.0 Å². The van der Waals surface area contributed by atoms with E-state index < -0.39 is 0 Å². The van der Waals surface area contributed by atoms with Crippen LogP contribution in [0.3, 0.4) is 0 Å². The topological polar surface area (TPSA) is 12.9 Å². The molecule has 1 heterocycles. The van der Waals surface area contributed by atoms with Crippen molar-refractivity contribution in [2.75, 3.05) is 0 Å². The van der Waals surface area contributed by atoms with Crippen LogP contribution in [-0.2, 0) is 0 Å². The predicted molar refractivity (Wildman–Crippen MR) is 90.4 cm³/mol. The van der Waals surface area contributed by atoms with Crippen LogP contribution >= 0.6 is 27.3 Å². The largest absolute Gasteiger partial charge is 0.241 e. The van der Waals surface area contributed by atoms with Crippen molar-refractivity contribution in [3.63, 3.8) is 0 Å². The summed E-state index contributed by atoms with van der Waals surface area (Å²) in [5.41, 5.74) is 2.38. The van der Waals surface area contributed by atoms with Gasteiger partial charge >= 0.3 is 0 Å². The number of nitrogens with zero attached hydrogens (tertiary/aromatic N) is 1. The number of aromatic nitrogens is 1. The molecule has 0 radical (unpaired) electrons. The standard InChI is InChI=1S/C17H20BrNS/c1-11-6-5-7-13(10-11)17-19-16(12(2)20-17)14-8-3-4-9-15(14)18/h3-4,8-9,11,13H,5-7,10H2,1-2H3. The predicted octanol–water partition coefficient (Wildman–Crippen LogP) is 6.17. The summed E-state index contributed by atoms with van der Waals surface area (Å²) in [6.45, 7) is 4.57. The van der Waals surface area contributed by atoms with Gasteiger partial charge in [0.25, 0.3) is 0 Å². The van der Waals surface area contributed by atoms with Crippen molar-refractivity contribution in [3.05, 3.63) is 38.6 Å². The van der Waals surface area contributed by atoms with Crippen LogP contribution in [0.1, 0.15) is 48.4 Å². The fraction of sp³-hybridized carbons (Fsp3) is 0.471. The van der Waals surface area contributed by atoms with Crippen molar-refractivity contribution in [3.8, 4) is 11.3 Å². The fourth-order valence-corrected chi connectivity index (χ4v) is 4.71. The first-order valence-electron chi connectivity index (χ1n) is 7.37. The minimum atomic E-state index is 0.679. The average molecular weight is 350 g/mol. The minimum absolute atomic E-state index is 0.679. The molecule has 0 saturated heterocycles. The molecule has 0 bridgehead atoms. The molecular formula is C17H20BrNS. The molecule has 1 aromatic heterocycles. The molecule has 2 aromatic rings. The highest BCUT2D eigenvalue weighted by Gasteiger charge is 2.24. The first kappa shape index (κ1) is 14.3. The summed E-state index contributed by atoms with van der Waals surface area (Å²) in [4.78, 5) is 6.33. The fourth-order valence-electron chi connectivity index (χ4n) is 3.15. The van der Waals surface area contributed by atoms with E-state index in [-0.39, 0.29) is 0 Å². The van der Waals surface area contributed by atoms with Gasteiger partial charge in [-0.2, -0.15) is 0 Å². The summed E-state index contributed by atoms with van der Waals surface area (Å²) in [7, 11) is 0. The number of hydrogen-bond acceptors (Lipinski definition) is 2. The van der Waals surface area contributed by atoms with Crippen LogP contribution in [0.2, 0.25) is 0 Å². The summed E-state index contributed by atoms with van der Waals surface area (Å²) in [5, 5.41) is 1.35. The van der Waals surface area contributed by atoms with Gasteiger partial charge in [-0.05, 0) is 31.7 Å². The van der Waals surface area contributed by atoms with Gasteiger partial charge in [0.15, 0.2) is 0 Å². The number of aryl methyl sites for hydroxylation is 1. The smallest absolute Gasteiger partial charge is 0.0966 e. The summed E-state index contributed by atoms with van der Waals surface area (Å²) >= 11 is 5.54. The second-order valence-electron chi connectivity index (χ2n) is 5.91. The maximum Gasteiger partial charge on any atom is 0.0966 e. The molecule has 0 aliphatic heterocycles. The Morgan fingerprint density at radius 1 is 1.25 bits per heavy atom. The van der Waals surface area contributed by atoms with Crippen LogP contribution in [-0.4, -0.2) is 4.98 Å². The van der Waals surface area contributed by atoms with Gasteiger partial charge in [0.05, 0.1) is 10.7 Å². The molecule has 2 atom stereocenters. The zero-order chi connectivity index (χ0) is 14.1. The van der Waals surface area contributed by atoms with Gasteiger partial charge in [-0.15, -0.1) is 11.3 Å². The molecule has 0 N–H and O–H groups in total. The Morgan fingerprint density at radius 2 is 2.05 bits per heavy atom. The number of halogens is 1. The molecule has 20 heavy (non-hydrogen) atoms. The molecule has 3 heteroatoms. The lowest BCUT2D eigenvalue weighted by Gasteiger charge is -2.24. The van der Waals surface area contributed by atoms with Gasteiger partial charge in [0, 0.05) is 20.8 Å². The second-order valence-corrected chi connectivity index (χ2v) is 7.99. The van der Waals surface area contributed by atoms with E-state index in [0.717, 1.165) is 16.1 Å².